The number of fused-ring (bicyclic) bond motifs is 1. The lowest BCUT2D eigenvalue weighted by molar-refractivity contribution is 0.0330. The lowest BCUT2D eigenvalue weighted by atomic mass is 10.0. The first-order valence-electron chi connectivity index (χ1n) is 9.09. The number of carbonyl (C=O) groups excluding carboxylic acids is 1. The highest BCUT2D eigenvalue weighted by Crippen LogP contribution is 2.35. The van der Waals surface area contributed by atoms with E-state index in [1.807, 2.05) is 36.1 Å². The van der Waals surface area contributed by atoms with Crippen LogP contribution in [0.15, 0.2) is 28.8 Å². The fraction of sp³-hybridized carbons (Fsp3) is 0.526. The van der Waals surface area contributed by atoms with Crippen LogP contribution in [0.1, 0.15) is 35.4 Å². The summed E-state index contributed by atoms with van der Waals surface area (Å²) in [5, 5.41) is 3.82. The number of amides is 1. The van der Waals surface area contributed by atoms with Crippen LogP contribution in [0.2, 0.25) is 0 Å². The lowest BCUT2D eigenvalue weighted by Crippen LogP contribution is -2.31. The molecule has 1 aromatic carbocycles. The molecule has 0 unspecified atom stereocenters. The van der Waals surface area contributed by atoms with Gasteiger partial charge in [0.15, 0.2) is 5.82 Å². The second-order valence-corrected chi connectivity index (χ2v) is 6.90. The second-order valence-electron chi connectivity index (χ2n) is 6.90. The number of hydrogen-bond donors (Lipinski definition) is 0. The standard InChI is InChI=1S/C19H23N3O4/c1-3-24-15-6-4-5-13(7-15)19(23)22-10-14-8-16(25-17(14)11-22)9-18-20-12(2)21-26-18/h4-7,14,16-17H,3,8-11H2,1-2H3/t14-,16+,17+/m1/s1. The summed E-state index contributed by atoms with van der Waals surface area (Å²) in [7, 11) is 0. The fourth-order valence-electron chi connectivity index (χ4n) is 3.85. The Hall–Kier alpha value is -2.41. The molecule has 138 valence electrons. The molecule has 0 spiro atoms. The molecular weight excluding hydrogens is 334 g/mol. The van der Waals surface area contributed by atoms with Crippen molar-refractivity contribution in [1.29, 1.82) is 0 Å². The van der Waals surface area contributed by atoms with Gasteiger partial charge in [0, 0.05) is 24.6 Å². The number of benzene rings is 1. The van der Waals surface area contributed by atoms with E-state index in [2.05, 4.69) is 10.1 Å². The fourth-order valence-corrected chi connectivity index (χ4v) is 3.85. The van der Waals surface area contributed by atoms with Crippen molar-refractivity contribution in [3.05, 3.63) is 41.5 Å². The summed E-state index contributed by atoms with van der Waals surface area (Å²) >= 11 is 0. The van der Waals surface area contributed by atoms with Gasteiger partial charge in [0.05, 0.1) is 25.2 Å². The third-order valence-corrected chi connectivity index (χ3v) is 4.97. The van der Waals surface area contributed by atoms with Crippen LogP contribution in [0.4, 0.5) is 0 Å². The summed E-state index contributed by atoms with van der Waals surface area (Å²) in [4.78, 5) is 18.9. The molecule has 0 N–H and O–H groups in total. The van der Waals surface area contributed by atoms with Crippen LogP contribution in [-0.2, 0) is 11.2 Å². The van der Waals surface area contributed by atoms with Gasteiger partial charge in [-0.25, -0.2) is 0 Å². The Balaban J connectivity index is 1.35. The van der Waals surface area contributed by atoms with Crippen molar-refractivity contribution in [1.82, 2.24) is 15.0 Å². The zero-order valence-electron chi connectivity index (χ0n) is 15.1. The van der Waals surface area contributed by atoms with Crippen LogP contribution in [0.25, 0.3) is 0 Å². The van der Waals surface area contributed by atoms with E-state index < -0.39 is 0 Å². The number of rotatable bonds is 5. The molecule has 0 saturated carbocycles. The number of aromatic nitrogens is 2. The molecule has 2 aromatic rings. The molecule has 4 rings (SSSR count). The molecule has 7 nitrogen and oxygen atoms in total. The van der Waals surface area contributed by atoms with Crippen LogP contribution in [0.5, 0.6) is 5.75 Å². The van der Waals surface area contributed by atoms with Gasteiger partial charge in [-0.15, -0.1) is 0 Å². The average molecular weight is 357 g/mol. The number of ether oxygens (including phenoxy) is 2. The third kappa shape index (κ3) is 3.44. The van der Waals surface area contributed by atoms with Gasteiger partial charge in [-0.2, -0.15) is 4.98 Å². The summed E-state index contributed by atoms with van der Waals surface area (Å²) in [5.74, 6) is 2.39. The van der Waals surface area contributed by atoms with Crippen molar-refractivity contribution in [3.63, 3.8) is 0 Å². The SMILES string of the molecule is CCOc1cccc(C(=O)N2C[C@H]3C[C@@H](Cc4nc(C)no4)O[C@H]3C2)c1. The van der Waals surface area contributed by atoms with E-state index >= 15 is 0 Å². The van der Waals surface area contributed by atoms with Gasteiger partial charge in [-0.1, -0.05) is 11.2 Å². The van der Waals surface area contributed by atoms with Gasteiger partial charge in [0.25, 0.3) is 5.91 Å². The third-order valence-electron chi connectivity index (χ3n) is 4.97. The van der Waals surface area contributed by atoms with Crippen molar-refractivity contribution in [2.45, 2.75) is 38.9 Å². The average Bonchev–Trinajstić information content (AvgIpc) is 3.30. The quantitative estimate of drug-likeness (QED) is 0.817. The Morgan fingerprint density at radius 3 is 3.00 bits per heavy atom. The predicted octanol–water partition coefficient (Wildman–Crippen LogP) is 2.25. The first-order valence-corrected chi connectivity index (χ1v) is 9.09. The largest absolute Gasteiger partial charge is 0.494 e. The first kappa shape index (κ1) is 17.0. The molecular formula is C19H23N3O4. The molecule has 2 saturated heterocycles. The van der Waals surface area contributed by atoms with Gasteiger partial charge < -0.3 is 18.9 Å². The summed E-state index contributed by atoms with van der Waals surface area (Å²) in [6.45, 7) is 5.67. The molecule has 2 aliphatic rings. The second kappa shape index (κ2) is 7.07. The Morgan fingerprint density at radius 1 is 1.38 bits per heavy atom. The van der Waals surface area contributed by atoms with E-state index in [1.165, 1.54) is 0 Å². The molecule has 0 radical (unpaired) electrons. The van der Waals surface area contributed by atoms with Crippen LogP contribution in [0.3, 0.4) is 0 Å². The van der Waals surface area contributed by atoms with Crippen molar-refractivity contribution >= 4 is 5.91 Å². The van der Waals surface area contributed by atoms with E-state index in [-0.39, 0.29) is 18.1 Å². The van der Waals surface area contributed by atoms with Gasteiger partial charge in [0.2, 0.25) is 5.89 Å². The molecule has 2 fully saturated rings. The molecule has 26 heavy (non-hydrogen) atoms. The highest BCUT2D eigenvalue weighted by atomic mass is 16.5. The number of carbonyl (C=O) groups is 1. The maximum absolute atomic E-state index is 12.8. The van der Waals surface area contributed by atoms with Crippen molar-refractivity contribution < 1.29 is 18.8 Å². The molecule has 7 heteroatoms. The van der Waals surface area contributed by atoms with Crippen molar-refractivity contribution in [2.75, 3.05) is 19.7 Å². The Bertz CT molecular complexity index is 777. The zero-order valence-corrected chi connectivity index (χ0v) is 15.1. The summed E-state index contributed by atoms with van der Waals surface area (Å²) < 4.78 is 16.8. The molecule has 1 aromatic heterocycles. The summed E-state index contributed by atoms with van der Waals surface area (Å²) in [6, 6.07) is 7.36. The molecule has 2 aliphatic heterocycles. The van der Waals surface area contributed by atoms with E-state index in [4.69, 9.17) is 14.0 Å². The lowest BCUT2D eigenvalue weighted by Gasteiger charge is -2.19. The minimum absolute atomic E-state index is 0.0358. The number of hydrogen-bond acceptors (Lipinski definition) is 6. The topological polar surface area (TPSA) is 77.7 Å². The van der Waals surface area contributed by atoms with Crippen LogP contribution >= 0.6 is 0 Å². The van der Waals surface area contributed by atoms with Crippen LogP contribution < -0.4 is 4.74 Å². The summed E-state index contributed by atoms with van der Waals surface area (Å²) in [5.41, 5.74) is 0.661. The number of likely N-dealkylation sites (tertiary alicyclic amines) is 1. The normalized spacial score (nSPS) is 24.7. The Kier molecular flexibility index (Phi) is 4.63. The molecule has 1 amide bonds. The maximum Gasteiger partial charge on any atom is 0.254 e. The minimum atomic E-state index is 0.0358. The smallest absolute Gasteiger partial charge is 0.254 e. The van der Waals surface area contributed by atoms with E-state index in [9.17, 15) is 4.79 Å². The molecule has 0 bridgehead atoms. The van der Waals surface area contributed by atoms with E-state index in [0.717, 1.165) is 18.7 Å². The summed E-state index contributed by atoms with van der Waals surface area (Å²) in [6.07, 6.45) is 1.72. The maximum atomic E-state index is 12.8. The van der Waals surface area contributed by atoms with Crippen molar-refractivity contribution in [2.24, 2.45) is 5.92 Å². The molecule has 3 heterocycles. The van der Waals surface area contributed by atoms with Crippen molar-refractivity contribution in [3.8, 4) is 5.75 Å². The van der Waals surface area contributed by atoms with E-state index in [1.54, 1.807) is 6.92 Å². The molecule has 0 aliphatic carbocycles. The predicted molar refractivity (Wildman–Crippen MR) is 93.0 cm³/mol. The Labute approximate surface area is 152 Å². The number of nitrogens with zero attached hydrogens (tertiary/aromatic N) is 3. The highest BCUT2D eigenvalue weighted by Gasteiger charge is 2.43. The van der Waals surface area contributed by atoms with Gasteiger partial charge in [-0.05, 0) is 38.5 Å². The highest BCUT2D eigenvalue weighted by molar-refractivity contribution is 5.94. The van der Waals surface area contributed by atoms with Gasteiger partial charge in [-0.3, -0.25) is 4.79 Å². The minimum Gasteiger partial charge on any atom is -0.494 e. The van der Waals surface area contributed by atoms with Crippen LogP contribution in [0, 0.1) is 12.8 Å². The Morgan fingerprint density at radius 2 is 2.27 bits per heavy atom. The number of aryl methyl sites for hydroxylation is 1. The monoisotopic (exact) mass is 357 g/mol. The van der Waals surface area contributed by atoms with E-state index in [0.29, 0.717) is 42.8 Å². The van der Waals surface area contributed by atoms with Gasteiger partial charge >= 0.3 is 0 Å². The zero-order chi connectivity index (χ0) is 18.1. The molecule has 3 atom stereocenters. The van der Waals surface area contributed by atoms with Crippen LogP contribution in [-0.4, -0.2) is 52.9 Å². The first-order chi connectivity index (χ1) is 12.6. The van der Waals surface area contributed by atoms with Gasteiger partial charge in [0.1, 0.15) is 5.75 Å².